The van der Waals surface area contributed by atoms with Gasteiger partial charge in [0, 0.05) is 18.8 Å². The van der Waals surface area contributed by atoms with Crippen molar-refractivity contribution in [2.75, 3.05) is 24.8 Å². The lowest BCUT2D eigenvalue weighted by Gasteiger charge is -2.25. The first kappa shape index (κ1) is 22.2. The number of anilines is 3. The molecule has 0 heterocycles. The van der Waals surface area contributed by atoms with Crippen LogP contribution in [0.4, 0.5) is 17.1 Å². The fourth-order valence-electron chi connectivity index (χ4n) is 2.58. The van der Waals surface area contributed by atoms with Gasteiger partial charge in [-0.05, 0) is 25.0 Å². The van der Waals surface area contributed by atoms with Crippen LogP contribution >= 0.6 is 11.6 Å². The highest BCUT2D eigenvalue weighted by Gasteiger charge is 2.27. The quantitative estimate of drug-likeness (QED) is 0.452. The van der Waals surface area contributed by atoms with E-state index < -0.39 is 31.5 Å². The van der Waals surface area contributed by atoms with Crippen LogP contribution in [0, 0.1) is 0 Å². The number of halogens is 1. The Morgan fingerprint density at radius 2 is 1.75 bits per heavy atom. The zero-order chi connectivity index (χ0) is 21.2. The number of nitrogens with zero attached hydrogens (tertiary/aromatic N) is 1. The van der Waals surface area contributed by atoms with Gasteiger partial charge in [-0.3, -0.25) is 14.4 Å². The summed E-state index contributed by atoms with van der Waals surface area (Å²) in [4.78, 5) is 27.8. The maximum atomic E-state index is 12.7. The third kappa shape index (κ3) is 3.86. The predicted octanol–water partition coefficient (Wildman–Crippen LogP) is 1.54. The van der Waals surface area contributed by atoms with E-state index in [1.54, 1.807) is 0 Å². The van der Waals surface area contributed by atoms with Crippen molar-refractivity contribution in [3.8, 4) is 5.75 Å². The first-order valence-electron chi connectivity index (χ1n) is 8.49. The van der Waals surface area contributed by atoms with E-state index in [1.807, 2.05) is 13.8 Å². The van der Waals surface area contributed by atoms with Crippen molar-refractivity contribution in [3.05, 3.63) is 37.6 Å². The number of nitrogens with one attached hydrogen (secondary N) is 2. The minimum atomic E-state index is -4.32. The summed E-state index contributed by atoms with van der Waals surface area (Å²) in [7, 11) is -2.09. The van der Waals surface area contributed by atoms with E-state index in [1.165, 1.54) is 12.1 Å². The minimum absolute atomic E-state index is 0.0212. The van der Waals surface area contributed by atoms with E-state index in [2.05, 4.69) is 15.5 Å². The molecule has 0 aromatic heterocycles. The molecule has 0 fully saturated rings. The van der Waals surface area contributed by atoms with Crippen molar-refractivity contribution in [2.45, 2.75) is 37.6 Å². The number of hydrogen-bond donors (Lipinski definition) is 2. The molecular weight excluding hydrogens is 410 g/mol. The van der Waals surface area contributed by atoms with Gasteiger partial charge in [0.2, 0.25) is 0 Å². The standard InChI is InChI=1S/C17H22ClN3O6S/c1-5-9(6-2)19-12-13(16(24)15(12)23)20-11-8-7-10(18)17(14(11)22)28(25,26)21(3)27-4/h7-9,19-20,22H,5-6H2,1-4H3/p-1. The Morgan fingerprint density at radius 3 is 2.29 bits per heavy atom. The van der Waals surface area contributed by atoms with Gasteiger partial charge in [0.25, 0.3) is 20.9 Å². The van der Waals surface area contributed by atoms with Gasteiger partial charge in [0.05, 0.1) is 17.0 Å². The summed E-state index contributed by atoms with van der Waals surface area (Å²) in [5, 5.41) is 18.0. The molecular formula is C17H21ClN3O6S-. The van der Waals surface area contributed by atoms with E-state index in [4.69, 9.17) is 11.6 Å². The van der Waals surface area contributed by atoms with Gasteiger partial charge >= 0.3 is 0 Å². The maximum Gasteiger partial charge on any atom is 0.265 e. The van der Waals surface area contributed by atoms with Crippen LogP contribution in [0.2, 0.25) is 5.02 Å². The van der Waals surface area contributed by atoms with Gasteiger partial charge in [-0.2, -0.15) is 0 Å². The van der Waals surface area contributed by atoms with Gasteiger partial charge in [-0.15, -0.1) is 0 Å². The monoisotopic (exact) mass is 430 g/mol. The summed E-state index contributed by atoms with van der Waals surface area (Å²) in [5.41, 5.74) is -1.69. The number of benzene rings is 1. The van der Waals surface area contributed by atoms with Crippen molar-refractivity contribution >= 4 is 38.7 Å². The van der Waals surface area contributed by atoms with Crippen molar-refractivity contribution in [3.63, 3.8) is 0 Å². The van der Waals surface area contributed by atoms with Crippen LogP contribution in [-0.2, 0) is 14.9 Å². The smallest absolute Gasteiger partial charge is 0.265 e. The summed E-state index contributed by atoms with van der Waals surface area (Å²) in [5.74, 6) is -0.946. The zero-order valence-electron chi connectivity index (χ0n) is 15.8. The topological polar surface area (TPSA) is 128 Å². The third-order valence-electron chi connectivity index (χ3n) is 4.42. The molecule has 2 aromatic rings. The Kier molecular flexibility index (Phi) is 6.71. The summed E-state index contributed by atoms with van der Waals surface area (Å²) in [6.07, 6.45) is 1.46. The molecule has 0 saturated carbocycles. The van der Waals surface area contributed by atoms with E-state index in [-0.39, 0.29) is 28.1 Å². The van der Waals surface area contributed by atoms with E-state index in [0.717, 1.165) is 27.0 Å². The number of rotatable bonds is 9. The fourth-order valence-corrected chi connectivity index (χ4v) is 4.14. The third-order valence-corrected chi connectivity index (χ3v) is 6.60. The molecule has 0 unspecified atom stereocenters. The number of hydroxylamine groups is 1. The fraction of sp³-hybridized carbons (Fsp3) is 0.412. The van der Waals surface area contributed by atoms with E-state index in [9.17, 15) is 23.1 Å². The molecule has 0 saturated heterocycles. The summed E-state index contributed by atoms with van der Waals surface area (Å²) >= 11 is 5.92. The number of hydrogen-bond acceptors (Lipinski definition) is 8. The Bertz CT molecular complexity index is 1040. The summed E-state index contributed by atoms with van der Waals surface area (Å²) < 4.78 is 25.4. The lowest BCUT2D eigenvalue weighted by Crippen LogP contribution is -2.39. The Morgan fingerprint density at radius 1 is 1.18 bits per heavy atom. The van der Waals surface area contributed by atoms with Crippen LogP contribution in [-0.4, -0.2) is 33.1 Å². The second-order valence-electron chi connectivity index (χ2n) is 6.04. The summed E-state index contributed by atoms with van der Waals surface area (Å²) in [6, 6.07) is 2.43. The van der Waals surface area contributed by atoms with Gasteiger partial charge < -0.3 is 15.7 Å². The van der Waals surface area contributed by atoms with Gasteiger partial charge in [0.15, 0.2) is 0 Å². The lowest BCUT2D eigenvalue weighted by atomic mass is 10.1. The highest BCUT2D eigenvalue weighted by molar-refractivity contribution is 7.89. The van der Waals surface area contributed by atoms with Crippen LogP contribution < -0.4 is 26.6 Å². The van der Waals surface area contributed by atoms with Crippen LogP contribution in [0.15, 0.2) is 26.6 Å². The highest BCUT2D eigenvalue weighted by Crippen LogP contribution is 2.38. The minimum Gasteiger partial charge on any atom is -0.870 e. The second kappa shape index (κ2) is 8.48. The number of sulfonamides is 1. The maximum absolute atomic E-state index is 12.7. The van der Waals surface area contributed by atoms with Crippen molar-refractivity contribution < 1.29 is 18.4 Å². The Labute approximate surface area is 167 Å². The SMILES string of the molecule is CCC(CC)Nc1c(Nc2ccc(Cl)c(S(=O)(=O)N(C)OC)c2[O-])c(=O)c1=O. The van der Waals surface area contributed by atoms with Crippen molar-refractivity contribution in [1.82, 2.24) is 4.47 Å². The van der Waals surface area contributed by atoms with Crippen LogP contribution in [0.5, 0.6) is 5.75 Å². The zero-order valence-corrected chi connectivity index (χ0v) is 17.4. The molecule has 0 aliphatic heterocycles. The molecule has 2 aromatic carbocycles. The molecule has 11 heteroatoms. The van der Waals surface area contributed by atoms with Crippen molar-refractivity contribution in [2.24, 2.45) is 0 Å². The average Bonchev–Trinajstić information content (AvgIpc) is 2.67. The average molecular weight is 431 g/mol. The lowest BCUT2D eigenvalue weighted by molar-refractivity contribution is -0.271. The largest absolute Gasteiger partial charge is 0.870 e. The molecule has 0 amide bonds. The molecule has 154 valence electrons. The molecule has 0 bridgehead atoms. The van der Waals surface area contributed by atoms with Gasteiger partial charge in [-0.1, -0.05) is 35.7 Å². The second-order valence-corrected chi connectivity index (χ2v) is 8.32. The molecule has 0 radical (unpaired) electrons. The Hall–Kier alpha value is -2.14. The van der Waals surface area contributed by atoms with Gasteiger partial charge in [-0.25, -0.2) is 8.42 Å². The van der Waals surface area contributed by atoms with Crippen LogP contribution in [0.25, 0.3) is 0 Å². The molecule has 28 heavy (non-hydrogen) atoms. The van der Waals surface area contributed by atoms with Crippen LogP contribution in [0.3, 0.4) is 0 Å². The molecule has 0 aliphatic carbocycles. The van der Waals surface area contributed by atoms with E-state index in [0.29, 0.717) is 4.47 Å². The Balaban J connectivity index is 2.48. The normalized spacial score (nSPS) is 12.1. The molecule has 2 N–H and O–H groups in total. The van der Waals surface area contributed by atoms with Gasteiger partial charge in [0.1, 0.15) is 11.4 Å². The van der Waals surface area contributed by atoms with Crippen molar-refractivity contribution in [1.29, 1.82) is 0 Å². The summed E-state index contributed by atoms with van der Waals surface area (Å²) in [6.45, 7) is 3.86. The predicted molar refractivity (Wildman–Crippen MR) is 105 cm³/mol. The molecule has 0 spiro atoms. The molecule has 0 atom stereocenters. The first-order valence-corrected chi connectivity index (χ1v) is 10.3. The van der Waals surface area contributed by atoms with E-state index >= 15 is 0 Å². The highest BCUT2D eigenvalue weighted by atomic mass is 35.5. The molecule has 9 nitrogen and oxygen atoms in total. The molecule has 2 rings (SSSR count). The van der Waals surface area contributed by atoms with Crippen LogP contribution in [0.1, 0.15) is 26.7 Å². The first-order chi connectivity index (χ1) is 13.1. The molecule has 0 aliphatic rings.